The molecule has 0 aromatic heterocycles. The minimum Gasteiger partial charge on any atom is -0.479 e. The molecule has 21 heavy (non-hydrogen) atoms. The van der Waals surface area contributed by atoms with Crippen LogP contribution in [0.25, 0.3) is 6.08 Å². The van der Waals surface area contributed by atoms with Gasteiger partial charge in [-0.15, -0.1) is 0 Å². The molecule has 5 nitrogen and oxygen atoms in total. The van der Waals surface area contributed by atoms with Crippen LogP contribution in [0.1, 0.15) is 5.56 Å². The molecule has 1 aliphatic heterocycles. The highest BCUT2D eigenvalue weighted by Gasteiger charge is 2.27. The van der Waals surface area contributed by atoms with E-state index in [1.54, 1.807) is 24.3 Å². The van der Waals surface area contributed by atoms with Gasteiger partial charge in [-0.05, 0) is 29.8 Å². The molecular formula is C14H13Cl2NO4. The van der Waals surface area contributed by atoms with E-state index in [9.17, 15) is 9.59 Å². The topological polar surface area (TPSA) is 66.8 Å². The van der Waals surface area contributed by atoms with Crippen LogP contribution in [-0.2, 0) is 14.3 Å². The van der Waals surface area contributed by atoms with Crippen LogP contribution in [-0.4, -0.2) is 47.7 Å². The summed E-state index contributed by atoms with van der Waals surface area (Å²) in [5.74, 6) is -1.37. The fourth-order valence-electron chi connectivity index (χ4n) is 1.91. The third-order valence-electron chi connectivity index (χ3n) is 3.02. The zero-order valence-electron chi connectivity index (χ0n) is 11.0. The second-order valence-corrected chi connectivity index (χ2v) is 5.32. The van der Waals surface area contributed by atoms with E-state index in [2.05, 4.69) is 0 Å². The van der Waals surface area contributed by atoms with E-state index in [4.69, 9.17) is 33.0 Å². The van der Waals surface area contributed by atoms with Crippen LogP contribution in [0.15, 0.2) is 24.3 Å². The summed E-state index contributed by atoms with van der Waals surface area (Å²) in [7, 11) is 0. The van der Waals surface area contributed by atoms with Crippen molar-refractivity contribution in [3.63, 3.8) is 0 Å². The van der Waals surface area contributed by atoms with Crippen molar-refractivity contribution in [3.8, 4) is 0 Å². The van der Waals surface area contributed by atoms with Crippen molar-refractivity contribution >= 4 is 41.2 Å². The average molecular weight is 330 g/mol. The van der Waals surface area contributed by atoms with Gasteiger partial charge in [0.25, 0.3) is 0 Å². The Morgan fingerprint density at radius 3 is 2.86 bits per heavy atom. The van der Waals surface area contributed by atoms with Gasteiger partial charge < -0.3 is 14.7 Å². The molecule has 0 unspecified atom stereocenters. The second kappa shape index (κ2) is 6.93. The van der Waals surface area contributed by atoms with E-state index < -0.39 is 12.1 Å². The molecule has 2 rings (SSSR count). The van der Waals surface area contributed by atoms with Gasteiger partial charge in [0.15, 0.2) is 6.10 Å². The van der Waals surface area contributed by atoms with Gasteiger partial charge in [-0.3, -0.25) is 4.79 Å². The molecule has 7 heteroatoms. The molecule has 1 heterocycles. The van der Waals surface area contributed by atoms with Gasteiger partial charge in [0.1, 0.15) is 0 Å². The predicted octanol–water partition coefficient (Wildman–Crippen LogP) is 2.32. The largest absolute Gasteiger partial charge is 0.479 e. The molecular weight excluding hydrogens is 317 g/mol. The quantitative estimate of drug-likeness (QED) is 0.864. The zero-order chi connectivity index (χ0) is 15.4. The van der Waals surface area contributed by atoms with Gasteiger partial charge in [-0.1, -0.05) is 23.2 Å². The molecule has 1 aromatic carbocycles. The van der Waals surface area contributed by atoms with E-state index in [1.165, 1.54) is 11.0 Å². The molecule has 1 saturated heterocycles. The number of carbonyl (C=O) groups is 2. The number of ether oxygens (including phenoxy) is 1. The summed E-state index contributed by atoms with van der Waals surface area (Å²) in [6.45, 7) is 0.590. The minimum atomic E-state index is -1.07. The van der Waals surface area contributed by atoms with Crippen LogP contribution in [0.3, 0.4) is 0 Å². The molecule has 112 valence electrons. The molecule has 1 fully saturated rings. The number of nitrogens with zero attached hydrogens (tertiary/aromatic N) is 1. The SMILES string of the molecule is O=C(O)[C@H]1CN(C(=O)/C=C/c2cc(Cl)ccc2Cl)CCO1. The lowest BCUT2D eigenvalue weighted by molar-refractivity contribution is -0.158. The van der Waals surface area contributed by atoms with Crippen molar-refractivity contribution in [1.29, 1.82) is 0 Å². The van der Waals surface area contributed by atoms with Gasteiger partial charge in [0, 0.05) is 22.7 Å². The fraction of sp³-hybridized carbons (Fsp3) is 0.286. The van der Waals surface area contributed by atoms with Crippen molar-refractivity contribution in [2.24, 2.45) is 0 Å². The Kier molecular flexibility index (Phi) is 5.22. The molecule has 0 spiro atoms. The molecule has 0 radical (unpaired) electrons. The lowest BCUT2D eigenvalue weighted by Gasteiger charge is -2.30. The smallest absolute Gasteiger partial charge is 0.334 e. The maximum atomic E-state index is 12.1. The Morgan fingerprint density at radius 1 is 1.38 bits per heavy atom. The fourth-order valence-corrected chi connectivity index (χ4v) is 2.27. The first-order chi connectivity index (χ1) is 9.97. The number of hydrogen-bond donors (Lipinski definition) is 1. The third kappa shape index (κ3) is 4.20. The molecule has 1 aliphatic rings. The Bertz CT molecular complexity index is 588. The van der Waals surface area contributed by atoms with Crippen LogP contribution in [0.5, 0.6) is 0 Å². The summed E-state index contributed by atoms with van der Waals surface area (Å²) < 4.78 is 5.06. The number of hydrogen-bond acceptors (Lipinski definition) is 3. The first kappa shape index (κ1) is 15.8. The molecule has 1 amide bonds. The van der Waals surface area contributed by atoms with Crippen molar-refractivity contribution in [1.82, 2.24) is 4.90 Å². The molecule has 0 saturated carbocycles. The number of rotatable bonds is 3. The van der Waals surface area contributed by atoms with Crippen LogP contribution in [0.2, 0.25) is 10.0 Å². The first-order valence-corrected chi connectivity index (χ1v) is 6.99. The van der Waals surface area contributed by atoms with Crippen molar-refractivity contribution in [3.05, 3.63) is 39.9 Å². The summed E-state index contributed by atoms with van der Waals surface area (Å²) in [4.78, 5) is 24.3. The number of morpholine rings is 1. The number of benzene rings is 1. The maximum Gasteiger partial charge on any atom is 0.334 e. The summed E-state index contributed by atoms with van der Waals surface area (Å²) >= 11 is 11.9. The monoisotopic (exact) mass is 329 g/mol. The van der Waals surface area contributed by atoms with E-state index >= 15 is 0 Å². The second-order valence-electron chi connectivity index (χ2n) is 4.48. The molecule has 0 aliphatic carbocycles. The van der Waals surface area contributed by atoms with Gasteiger partial charge >= 0.3 is 5.97 Å². The highest BCUT2D eigenvalue weighted by Crippen LogP contribution is 2.21. The molecule has 1 atom stereocenters. The molecule has 1 aromatic rings. The number of amides is 1. The number of carboxylic acids is 1. The van der Waals surface area contributed by atoms with Crippen molar-refractivity contribution in [2.45, 2.75) is 6.10 Å². The highest BCUT2D eigenvalue weighted by atomic mass is 35.5. The first-order valence-electron chi connectivity index (χ1n) is 6.24. The van der Waals surface area contributed by atoms with Crippen LogP contribution >= 0.6 is 23.2 Å². The standard InChI is InChI=1S/C14H13Cl2NO4/c15-10-2-3-11(16)9(7-10)1-4-13(18)17-5-6-21-12(8-17)14(19)20/h1-4,7,12H,5-6,8H2,(H,19,20)/b4-1+/t12-/m1/s1. The van der Waals surface area contributed by atoms with E-state index in [-0.39, 0.29) is 19.1 Å². The Morgan fingerprint density at radius 2 is 2.14 bits per heavy atom. The Labute approximate surface area is 131 Å². The highest BCUT2D eigenvalue weighted by molar-refractivity contribution is 6.34. The lowest BCUT2D eigenvalue weighted by atomic mass is 10.2. The number of carbonyl (C=O) groups excluding carboxylic acids is 1. The Hall–Kier alpha value is -1.56. The summed E-state index contributed by atoms with van der Waals surface area (Å²) in [5.41, 5.74) is 0.626. The van der Waals surface area contributed by atoms with Crippen LogP contribution in [0, 0.1) is 0 Å². The summed E-state index contributed by atoms with van der Waals surface area (Å²) in [6.07, 6.45) is 1.93. The lowest BCUT2D eigenvalue weighted by Crippen LogP contribution is -2.48. The van der Waals surface area contributed by atoms with Crippen LogP contribution in [0.4, 0.5) is 0 Å². The molecule has 0 bridgehead atoms. The predicted molar refractivity (Wildman–Crippen MR) is 79.5 cm³/mol. The number of aliphatic carboxylic acids is 1. The van der Waals surface area contributed by atoms with Gasteiger partial charge in [0.2, 0.25) is 5.91 Å². The number of halogens is 2. The number of carboxylic acid groups (broad SMARTS) is 1. The van der Waals surface area contributed by atoms with E-state index in [0.29, 0.717) is 22.2 Å². The molecule has 1 N–H and O–H groups in total. The van der Waals surface area contributed by atoms with Crippen molar-refractivity contribution < 1.29 is 19.4 Å². The van der Waals surface area contributed by atoms with Gasteiger partial charge in [-0.25, -0.2) is 4.79 Å². The normalized spacial score (nSPS) is 19.0. The zero-order valence-corrected chi connectivity index (χ0v) is 12.5. The van der Waals surface area contributed by atoms with Gasteiger partial charge in [-0.2, -0.15) is 0 Å². The van der Waals surface area contributed by atoms with Gasteiger partial charge in [0.05, 0.1) is 13.2 Å². The van der Waals surface area contributed by atoms with Crippen molar-refractivity contribution in [2.75, 3.05) is 19.7 Å². The summed E-state index contributed by atoms with van der Waals surface area (Å²) in [5, 5.41) is 9.90. The Balaban J connectivity index is 2.05. The summed E-state index contributed by atoms with van der Waals surface area (Å²) in [6, 6.07) is 4.94. The minimum absolute atomic E-state index is 0.0295. The van der Waals surface area contributed by atoms with Crippen LogP contribution < -0.4 is 0 Å². The average Bonchev–Trinajstić information content (AvgIpc) is 2.48. The van der Waals surface area contributed by atoms with E-state index in [0.717, 1.165) is 0 Å². The third-order valence-corrected chi connectivity index (χ3v) is 3.60. The van der Waals surface area contributed by atoms with E-state index in [1.807, 2.05) is 0 Å². The maximum absolute atomic E-state index is 12.1.